The second kappa shape index (κ2) is 3.98. The first-order chi connectivity index (χ1) is 7.61. The molecule has 1 aromatic carbocycles. The summed E-state index contributed by atoms with van der Waals surface area (Å²) < 4.78 is 1.42. The summed E-state index contributed by atoms with van der Waals surface area (Å²) in [5.41, 5.74) is 1.19. The lowest BCUT2D eigenvalue weighted by molar-refractivity contribution is 0.0689. The average Bonchev–Trinajstić information content (AvgIpc) is 2.58. The number of carboxylic acids is 1. The third kappa shape index (κ3) is 1.67. The zero-order valence-electron chi connectivity index (χ0n) is 8.51. The quantitative estimate of drug-likeness (QED) is 0.872. The molecule has 0 bridgehead atoms. The van der Waals surface area contributed by atoms with Crippen molar-refractivity contribution in [2.24, 2.45) is 0 Å². The van der Waals surface area contributed by atoms with Crippen LogP contribution < -0.4 is 0 Å². The number of aromatic nitrogens is 2. The van der Waals surface area contributed by atoms with E-state index in [4.69, 9.17) is 16.7 Å². The topological polar surface area (TPSA) is 55.1 Å². The van der Waals surface area contributed by atoms with Gasteiger partial charge in [-0.3, -0.25) is 0 Å². The summed E-state index contributed by atoms with van der Waals surface area (Å²) in [6, 6.07) is 9.16. The molecule has 0 fully saturated rings. The summed E-state index contributed by atoms with van der Waals surface area (Å²) in [6.07, 6.45) is 0. The Morgan fingerprint density at radius 1 is 1.38 bits per heavy atom. The van der Waals surface area contributed by atoms with Crippen LogP contribution in [0.4, 0.5) is 0 Å². The number of benzene rings is 1. The van der Waals surface area contributed by atoms with Gasteiger partial charge in [0.2, 0.25) is 0 Å². The van der Waals surface area contributed by atoms with Crippen molar-refractivity contribution in [3.05, 3.63) is 46.7 Å². The molecule has 0 aliphatic carbocycles. The van der Waals surface area contributed by atoms with Crippen LogP contribution in [0.15, 0.2) is 30.3 Å². The molecule has 0 saturated carbocycles. The lowest BCUT2D eigenvalue weighted by Gasteiger charge is -2.01. The lowest BCUT2D eigenvalue weighted by Crippen LogP contribution is -2.01. The third-order valence-electron chi connectivity index (χ3n) is 2.25. The predicted octanol–water partition coefficient (Wildman–Crippen LogP) is 2.53. The van der Waals surface area contributed by atoms with E-state index in [9.17, 15) is 4.79 Å². The van der Waals surface area contributed by atoms with Gasteiger partial charge in [-0.25, -0.2) is 9.48 Å². The minimum atomic E-state index is -1.07. The van der Waals surface area contributed by atoms with Gasteiger partial charge in [0.1, 0.15) is 5.15 Å². The summed E-state index contributed by atoms with van der Waals surface area (Å²) in [5.74, 6) is -1.07. The van der Waals surface area contributed by atoms with Crippen molar-refractivity contribution in [1.29, 1.82) is 0 Å². The SMILES string of the molecule is Cc1c(C(=O)O)nn(-c2ccccc2)c1Cl. The molecular weight excluding hydrogens is 228 g/mol. The smallest absolute Gasteiger partial charge is 0.356 e. The Balaban J connectivity index is 2.60. The second-order valence-corrected chi connectivity index (χ2v) is 3.67. The summed E-state index contributed by atoms with van der Waals surface area (Å²) >= 11 is 6.03. The third-order valence-corrected chi connectivity index (χ3v) is 2.70. The molecule has 82 valence electrons. The van der Waals surface area contributed by atoms with E-state index in [0.29, 0.717) is 10.7 Å². The fraction of sp³-hybridized carbons (Fsp3) is 0.0909. The standard InChI is InChI=1S/C11H9ClN2O2/c1-7-9(11(15)16)13-14(10(7)12)8-5-3-2-4-6-8/h2-6H,1H3,(H,15,16). The molecule has 2 rings (SSSR count). The van der Waals surface area contributed by atoms with Gasteiger partial charge in [0.15, 0.2) is 5.69 Å². The highest BCUT2D eigenvalue weighted by atomic mass is 35.5. The van der Waals surface area contributed by atoms with Crippen LogP contribution in [0.1, 0.15) is 16.1 Å². The van der Waals surface area contributed by atoms with Gasteiger partial charge in [0.05, 0.1) is 5.69 Å². The van der Waals surface area contributed by atoms with E-state index in [1.165, 1.54) is 4.68 Å². The van der Waals surface area contributed by atoms with Crippen LogP contribution in [0, 0.1) is 6.92 Å². The molecule has 0 aliphatic heterocycles. The molecule has 0 aliphatic rings. The number of aromatic carboxylic acids is 1. The molecule has 0 saturated heterocycles. The van der Waals surface area contributed by atoms with Crippen molar-refractivity contribution in [2.45, 2.75) is 6.92 Å². The number of rotatable bonds is 2. The number of carboxylic acid groups (broad SMARTS) is 1. The first-order valence-electron chi connectivity index (χ1n) is 4.65. The molecule has 0 atom stereocenters. The Hall–Kier alpha value is -1.81. The Labute approximate surface area is 97.1 Å². The molecule has 2 aromatic rings. The van der Waals surface area contributed by atoms with Crippen LogP contribution in [-0.2, 0) is 0 Å². The molecule has 0 unspecified atom stereocenters. The van der Waals surface area contributed by atoms with Gasteiger partial charge < -0.3 is 5.11 Å². The zero-order chi connectivity index (χ0) is 11.7. The summed E-state index contributed by atoms with van der Waals surface area (Å²) in [6.45, 7) is 1.64. The fourth-order valence-electron chi connectivity index (χ4n) is 1.42. The molecule has 16 heavy (non-hydrogen) atoms. The van der Waals surface area contributed by atoms with Gasteiger partial charge >= 0.3 is 5.97 Å². The van der Waals surface area contributed by atoms with Gasteiger partial charge in [-0.05, 0) is 19.1 Å². The van der Waals surface area contributed by atoms with Gasteiger partial charge in [-0.1, -0.05) is 29.8 Å². The van der Waals surface area contributed by atoms with Crippen LogP contribution in [0.5, 0.6) is 0 Å². The van der Waals surface area contributed by atoms with Crippen molar-refractivity contribution in [3.8, 4) is 5.69 Å². The lowest BCUT2D eigenvalue weighted by atomic mass is 10.3. The zero-order valence-corrected chi connectivity index (χ0v) is 9.27. The highest BCUT2D eigenvalue weighted by molar-refractivity contribution is 6.31. The normalized spacial score (nSPS) is 10.4. The second-order valence-electron chi connectivity index (χ2n) is 3.32. The molecule has 1 heterocycles. The van der Waals surface area contributed by atoms with E-state index < -0.39 is 5.97 Å². The molecule has 5 heteroatoms. The minimum Gasteiger partial charge on any atom is -0.476 e. The van der Waals surface area contributed by atoms with Crippen LogP contribution >= 0.6 is 11.6 Å². The summed E-state index contributed by atoms with van der Waals surface area (Å²) in [5, 5.41) is 13.2. The Morgan fingerprint density at radius 2 is 2.00 bits per heavy atom. The van der Waals surface area contributed by atoms with Gasteiger partial charge in [-0.15, -0.1) is 0 Å². The van der Waals surface area contributed by atoms with Crippen LogP contribution in [0.3, 0.4) is 0 Å². The number of hydrogen-bond acceptors (Lipinski definition) is 2. The van der Waals surface area contributed by atoms with Crippen molar-refractivity contribution in [2.75, 3.05) is 0 Å². The molecule has 0 spiro atoms. The van der Waals surface area contributed by atoms with E-state index in [1.54, 1.807) is 6.92 Å². The maximum absolute atomic E-state index is 10.9. The summed E-state index contributed by atoms with van der Waals surface area (Å²) in [4.78, 5) is 10.9. The Kier molecular flexibility index (Phi) is 2.66. The number of para-hydroxylation sites is 1. The Bertz CT molecular complexity index is 534. The molecule has 0 amide bonds. The van der Waals surface area contributed by atoms with Crippen LogP contribution in [-0.4, -0.2) is 20.9 Å². The van der Waals surface area contributed by atoms with E-state index in [0.717, 1.165) is 5.69 Å². The predicted molar refractivity (Wildman–Crippen MR) is 60.3 cm³/mol. The first-order valence-corrected chi connectivity index (χ1v) is 5.03. The number of halogens is 1. The first kappa shape index (κ1) is 10.7. The molecule has 0 radical (unpaired) electrons. The monoisotopic (exact) mass is 236 g/mol. The van der Waals surface area contributed by atoms with E-state index in [1.807, 2.05) is 30.3 Å². The average molecular weight is 237 g/mol. The number of carbonyl (C=O) groups is 1. The molecule has 1 N–H and O–H groups in total. The van der Waals surface area contributed by atoms with Crippen molar-refractivity contribution >= 4 is 17.6 Å². The maximum Gasteiger partial charge on any atom is 0.356 e. The summed E-state index contributed by atoms with van der Waals surface area (Å²) in [7, 11) is 0. The van der Waals surface area contributed by atoms with Crippen LogP contribution in [0.2, 0.25) is 5.15 Å². The van der Waals surface area contributed by atoms with Crippen molar-refractivity contribution < 1.29 is 9.90 Å². The molecule has 4 nitrogen and oxygen atoms in total. The van der Waals surface area contributed by atoms with E-state index in [2.05, 4.69) is 5.10 Å². The van der Waals surface area contributed by atoms with E-state index in [-0.39, 0.29) is 5.69 Å². The maximum atomic E-state index is 10.9. The number of hydrogen-bond donors (Lipinski definition) is 1. The van der Waals surface area contributed by atoms with Crippen molar-refractivity contribution in [3.63, 3.8) is 0 Å². The largest absolute Gasteiger partial charge is 0.476 e. The highest BCUT2D eigenvalue weighted by Gasteiger charge is 2.18. The van der Waals surface area contributed by atoms with Gasteiger partial charge in [0, 0.05) is 5.56 Å². The van der Waals surface area contributed by atoms with Crippen LogP contribution in [0.25, 0.3) is 5.69 Å². The highest BCUT2D eigenvalue weighted by Crippen LogP contribution is 2.22. The minimum absolute atomic E-state index is 0.0196. The Morgan fingerprint density at radius 3 is 2.50 bits per heavy atom. The van der Waals surface area contributed by atoms with E-state index >= 15 is 0 Å². The molecule has 1 aromatic heterocycles. The van der Waals surface area contributed by atoms with Crippen molar-refractivity contribution in [1.82, 2.24) is 9.78 Å². The van der Waals surface area contributed by atoms with Gasteiger partial charge in [-0.2, -0.15) is 5.10 Å². The van der Waals surface area contributed by atoms with Gasteiger partial charge in [0.25, 0.3) is 0 Å². The molecular formula is C11H9ClN2O2. The number of nitrogens with zero attached hydrogens (tertiary/aromatic N) is 2. The fourth-order valence-corrected chi connectivity index (χ4v) is 1.64.